The Hall–Kier alpha value is -4.30. The highest BCUT2D eigenvalue weighted by molar-refractivity contribution is 6.30. The van der Waals surface area contributed by atoms with Crippen LogP contribution in [0.4, 0.5) is 10.5 Å². The van der Waals surface area contributed by atoms with Gasteiger partial charge < -0.3 is 5.32 Å². The molecule has 2 N–H and O–H groups in total. The molecule has 1 atom stereocenters. The van der Waals surface area contributed by atoms with Crippen molar-refractivity contribution in [3.63, 3.8) is 0 Å². The molecule has 34 heavy (non-hydrogen) atoms. The van der Waals surface area contributed by atoms with Crippen molar-refractivity contribution in [2.24, 2.45) is 0 Å². The third-order valence-corrected chi connectivity index (χ3v) is 5.55. The number of Topliss-reactive ketones (excluding diaryl/α,β-unsaturated/α-hetero) is 1. The standard InChI is InChI=1S/C25H18ClN3O5/c1-14(30)17-9-12-20-19(13-17)21(27-22(31)16-7-10-18(26)11-8-16)24(33)29(20)25(34)28-23(32)15-5-3-2-4-6-15/h2-13,21H,1H3,(H,27,31)(H,28,32,34). The maximum absolute atomic E-state index is 13.3. The van der Waals surface area contributed by atoms with E-state index in [9.17, 15) is 24.0 Å². The molecule has 0 saturated carbocycles. The molecule has 4 rings (SSSR count). The van der Waals surface area contributed by atoms with Gasteiger partial charge in [-0.05, 0) is 61.5 Å². The van der Waals surface area contributed by atoms with Gasteiger partial charge in [-0.1, -0.05) is 29.8 Å². The van der Waals surface area contributed by atoms with E-state index in [2.05, 4.69) is 10.6 Å². The third kappa shape index (κ3) is 4.44. The van der Waals surface area contributed by atoms with Gasteiger partial charge in [0, 0.05) is 27.3 Å². The van der Waals surface area contributed by atoms with Crippen molar-refractivity contribution >= 4 is 46.8 Å². The van der Waals surface area contributed by atoms with Crippen LogP contribution in [0.3, 0.4) is 0 Å². The van der Waals surface area contributed by atoms with Gasteiger partial charge in [-0.3, -0.25) is 24.5 Å². The molecule has 5 amide bonds. The van der Waals surface area contributed by atoms with E-state index in [1.54, 1.807) is 18.2 Å². The Bertz CT molecular complexity index is 1320. The normalized spacial score (nSPS) is 14.4. The molecule has 0 aliphatic carbocycles. The Labute approximate surface area is 199 Å². The highest BCUT2D eigenvalue weighted by atomic mass is 35.5. The number of anilines is 1. The van der Waals surface area contributed by atoms with Crippen molar-refractivity contribution in [3.8, 4) is 0 Å². The largest absolute Gasteiger partial charge is 0.336 e. The van der Waals surface area contributed by atoms with Gasteiger partial charge in [0.2, 0.25) is 0 Å². The Morgan fingerprint density at radius 3 is 2.09 bits per heavy atom. The molecular formula is C25H18ClN3O5. The minimum absolute atomic E-state index is 0.162. The molecule has 1 aliphatic heterocycles. The molecule has 1 aliphatic rings. The summed E-state index contributed by atoms with van der Waals surface area (Å²) in [6.07, 6.45) is 0. The summed E-state index contributed by atoms with van der Waals surface area (Å²) < 4.78 is 0. The third-order valence-electron chi connectivity index (χ3n) is 5.29. The topological polar surface area (TPSA) is 113 Å². The summed E-state index contributed by atoms with van der Waals surface area (Å²) in [6.45, 7) is 1.36. The number of imide groups is 2. The lowest BCUT2D eigenvalue weighted by Crippen LogP contribution is -2.47. The average molecular weight is 476 g/mol. The number of rotatable bonds is 4. The molecule has 170 valence electrons. The molecule has 0 bridgehead atoms. The van der Waals surface area contributed by atoms with E-state index < -0.39 is 29.8 Å². The van der Waals surface area contributed by atoms with E-state index in [1.165, 1.54) is 61.5 Å². The zero-order valence-corrected chi connectivity index (χ0v) is 18.6. The smallest absolute Gasteiger partial charge is 0.335 e. The fraction of sp³-hybridized carbons (Fsp3) is 0.0800. The summed E-state index contributed by atoms with van der Waals surface area (Å²) in [4.78, 5) is 64.1. The first-order valence-corrected chi connectivity index (χ1v) is 10.6. The van der Waals surface area contributed by atoms with Crippen molar-refractivity contribution in [2.75, 3.05) is 4.90 Å². The second-order valence-electron chi connectivity index (χ2n) is 7.54. The summed E-state index contributed by atoms with van der Waals surface area (Å²) in [5, 5.41) is 5.24. The second kappa shape index (κ2) is 9.29. The van der Waals surface area contributed by atoms with Gasteiger partial charge in [-0.25, -0.2) is 9.69 Å². The van der Waals surface area contributed by atoms with E-state index >= 15 is 0 Å². The van der Waals surface area contributed by atoms with Gasteiger partial charge in [0.15, 0.2) is 5.78 Å². The number of carbonyl (C=O) groups excluding carboxylic acids is 5. The van der Waals surface area contributed by atoms with Crippen molar-refractivity contribution in [3.05, 3.63) is 100 Å². The van der Waals surface area contributed by atoms with Crippen LogP contribution >= 0.6 is 11.6 Å². The number of hydrogen-bond donors (Lipinski definition) is 2. The first-order chi connectivity index (χ1) is 16.3. The quantitative estimate of drug-likeness (QED) is 0.555. The zero-order chi connectivity index (χ0) is 24.4. The fourth-order valence-corrected chi connectivity index (χ4v) is 3.69. The van der Waals surface area contributed by atoms with Gasteiger partial charge in [-0.15, -0.1) is 0 Å². The Balaban J connectivity index is 1.65. The SMILES string of the molecule is CC(=O)c1ccc2c(c1)C(NC(=O)c1ccc(Cl)cc1)C(=O)N2C(=O)NC(=O)c1ccccc1. The number of nitrogens with one attached hydrogen (secondary N) is 2. The fourth-order valence-electron chi connectivity index (χ4n) is 3.57. The first-order valence-electron chi connectivity index (χ1n) is 10.2. The van der Waals surface area contributed by atoms with Crippen molar-refractivity contribution < 1.29 is 24.0 Å². The van der Waals surface area contributed by atoms with Crippen LogP contribution in [-0.2, 0) is 4.79 Å². The summed E-state index contributed by atoms with van der Waals surface area (Å²) >= 11 is 5.87. The lowest BCUT2D eigenvalue weighted by Gasteiger charge is -2.17. The van der Waals surface area contributed by atoms with E-state index in [1.807, 2.05) is 0 Å². The predicted molar refractivity (Wildman–Crippen MR) is 125 cm³/mol. The zero-order valence-electron chi connectivity index (χ0n) is 17.9. The number of ketones is 1. The van der Waals surface area contributed by atoms with Crippen molar-refractivity contribution in [1.29, 1.82) is 0 Å². The van der Waals surface area contributed by atoms with Crippen LogP contribution in [0.25, 0.3) is 0 Å². The number of urea groups is 1. The van der Waals surface area contributed by atoms with Gasteiger partial charge >= 0.3 is 6.03 Å². The van der Waals surface area contributed by atoms with E-state index in [-0.39, 0.29) is 28.2 Å². The highest BCUT2D eigenvalue weighted by Gasteiger charge is 2.42. The van der Waals surface area contributed by atoms with Crippen LogP contribution in [0.15, 0.2) is 72.8 Å². The van der Waals surface area contributed by atoms with Crippen LogP contribution < -0.4 is 15.5 Å². The Morgan fingerprint density at radius 1 is 0.824 bits per heavy atom. The summed E-state index contributed by atoms with van der Waals surface area (Å²) in [6, 6.07) is 16.2. The Kier molecular flexibility index (Phi) is 6.25. The molecule has 0 aromatic heterocycles. The van der Waals surface area contributed by atoms with Gasteiger partial charge in [0.25, 0.3) is 17.7 Å². The monoisotopic (exact) mass is 475 g/mol. The number of carbonyl (C=O) groups is 5. The number of nitrogens with zero attached hydrogens (tertiary/aromatic N) is 1. The van der Waals surface area contributed by atoms with Gasteiger partial charge in [-0.2, -0.15) is 0 Å². The maximum atomic E-state index is 13.3. The molecule has 1 heterocycles. The molecule has 3 aromatic rings. The number of halogens is 1. The number of amides is 5. The lowest BCUT2D eigenvalue weighted by atomic mass is 10.0. The van der Waals surface area contributed by atoms with Crippen LogP contribution in [0, 0.1) is 0 Å². The molecule has 3 aromatic carbocycles. The first kappa shape index (κ1) is 22.9. The average Bonchev–Trinajstić information content (AvgIpc) is 3.10. The van der Waals surface area contributed by atoms with Crippen LogP contribution in [0.5, 0.6) is 0 Å². The molecule has 0 saturated heterocycles. The van der Waals surface area contributed by atoms with Crippen molar-refractivity contribution in [2.45, 2.75) is 13.0 Å². The lowest BCUT2D eigenvalue weighted by molar-refractivity contribution is -0.119. The summed E-state index contributed by atoms with van der Waals surface area (Å²) in [5.41, 5.74) is 1.22. The highest BCUT2D eigenvalue weighted by Crippen LogP contribution is 2.37. The van der Waals surface area contributed by atoms with Crippen LogP contribution in [-0.4, -0.2) is 29.5 Å². The molecule has 0 spiro atoms. The predicted octanol–water partition coefficient (Wildman–Crippen LogP) is 3.91. The summed E-state index contributed by atoms with van der Waals surface area (Å²) in [7, 11) is 0. The molecular weight excluding hydrogens is 458 g/mol. The van der Waals surface area contributed by atoms with Crippen LogP contribution in [0.2, 0.25) is 5.02 Å². The minimum atomic E-state index is -1.24. The van der Waals surface area contributed by atoms with Crippen LogP contribution in [0.1, 0.15) is 49.6 Å². The van der Waals surface area contributed by atoms with E-state index in [4.69, 9.17) is 11.6 Å². The molecule has 0 radical (unpaired) electrons. The molecule has 8 nitrogen and oxygen atoms in total. The number of hydrogen-bond acceptors (Lipinski definition) is 5. The van der Waals surface area contributed by atoms with E-state index in [0.717, 1.165) is 4.90 Å². The number of fused-ring (bicyclic) bond motifs is 1. The molecule has 9 heteroatoms. The van der Waals surface area contributed by atoms with Gasteiger partial charge in [0.1, 0.15) is 6.04 Å². The Morgan fingerprint density at radius 2 is 1.44 bits per heavy atom. The maximum Gasteiger partial charge on any atom is 0.335 e. The van der Waals surface area contributed by atoms with Gasteiger partial charge in [0.05, 0.1) is 5.69 Å². The molecule has 0 fully saturated rings. The second-order valence-corrected chi connectivity index (χ2v) is 7.98. The van der Waals surface area contributed by atoms with Crippen molar-refractivity contribution in [1.82, 2.24) is 10.6 Å². The van der Waals surface area contributed by atoms with E-state index in [0.29, 0.717) is 10.6 Å². The number of benzene rings is 3. The summed E-state index contributed by atoms with van der Waals surface area (Å²) in [5.74, 6) is -2.28. The molecule has 1 unspecified atom stereocenters. The minimum Gasteiger partial charge on any atom is -0.336 e.